The first kappa shape index (κ1) is 14.3. The molecule has 1 unspecified atom stereocenters. The second-order valence-corrected chi connectivity index (χ2v) is 6.24. The zero-order valence-corrected chi connectivity index (χ0v) is 12.8. The van der Waals surface area contributed by atoms with Gasteiger partial charge in [0.15, 0.2) is 4.77 Å². The van der Waals surface area contributed by atoms with Gasteiger partial charge in [-0.15, -0.1) is 0 Å². The highest BCUT2D eigenvalue weighted by molar-refractivity contribution is 7.84. The van der Waals surface area contributed by atoms with Gasteiger partial charge >= 0.3 is 0 Å². The maximum atomic E-state index is 11.1. The van der Waals surface area contributed by atoms with Crippen molar-refractivity contribution in [1.82, 2.24) is 9.55 Å². The molecule has 1 aromatic carbocycles. The first-order valence-electron chi connectivity index (χ1n) is 6.28. The molecule has 2 aromatic rings. The van der Waals surface area contributed by atoms with Crippen LogP contribution in [0.2, 0.25) is 0 Å². The van der Waals surface area contributed by atoms with E-state index in [1.807, 2.05) is 29.7 Å². The minimum absolute atomic E-state index is 0.625. The second kappa shape index (κ2) is 6.34. The molecule has 0 saturated heterocycles. The smallest absolute Gasteiger partial charge is 0.178 e. The summed E-state index contributed by atoms with van der Waals surface area (Å²) in [4.78, 5) is 3.20. The SMILES string of the molecule is CCOc1cccc2c1[nH]c(=S)n2CCCS(C)=O. The summed E-state index contributed by atoms with van der Waals surface area (Å²) < 4.78 is 19.4. The third kappa shape index (κ3) is 3.25. The lowest BCUT2D eigenvalue weighted by Gasteiger charge is -2.06. The summed E-state index contributed by atoms with van der Waals surface area (Å²) in [6, 6.07) is 5.92. The molecule has 4 nitrogen and oxygen atoms in total. The molecule has 0 saturated carbocycles. The second-order valence-electron chi connectivity index (χ2n) is 4.30. The monoisotopic (exact) mass is 298 g/mol. The van der Waals surface area contributed by atoms with Crippen LogP contribution < -0.4 is 4.74 Å². The van der Waals surface area contributed by atoms with Gasteiger partial charge in [-0.3, -0.25) is 4.21 Å². The average molecular weight is 298 g/mol. The Hall–Kier alpha value is -1.14. The van der Waals surface area contributed by atoms with Crippen molar-refractivity contribution in [1.29, 1.82) is 0 Å². The van der Waals surface area contributed by atoms with Crippen LogP contribution in [0.1, 0.15) is 13.3 Å². The van der Waals surface area contributed by atoms with E-state index in [1.165, 1.54) is 0 Å². The molecular weight excluding hydrogens is 280 g/mol. The Morgan fingerprint density at radius 1 is 1.47 bits per heavy atom. The molecule has 0 aliphatic rings. The number of ether oxygens (including phenoxy) is 1. The van der Waals surface area contributed by atoms with Gasteiger partial charge in [0.05, 0.1) is 12.1 Å². The first-order valence-corrected chi connectivity index (χ1v) is 8.41. The molecule has 1 heterocycles. The molecule has 0 amide bonds. The topological polar surface area (TPSA) is 47.0 Å². The lowest BCUT2D eigenvalue weighted by atomic mass is 10.3. The van der Waals surface area contributed by atoms with Crippen LogP contribution in [0.25, 0.3) is 11.0 Å². The van der Waals surface area contributed by atoms with E-state index in [2.05, 4.69) is 4.98 Å². The van der Waals surface area contributed by atoms with Crippen molar-refractivity contribution >= 4 is 34.1 Å². The number of aromatic nitrogens is 2. The van der Waals surface area contributed by atoms with E-state index in [1.54, 1.807) is 6.26 Å². The lowest BCUT2D eigenvalue weighted by molar-refractivity contribution is 0.343. The Balaban J connectivity index is 2.34. The normalized spacial score (nSPS) is 12.7. The molecule has 0 spiro atoms. The minimum atomic E-state index is -0.757. The fourth-order valence-corrected chi connectivity index (χ4v) is 2.90. The first-order chi connectivity index (χ1) is 9.13. The number of rotatable bonds is 6. The Labute approximate surface area is 120 Å². The highest BCUT2D eigenvalue weighted by atomic mass is 32.2. The van der Waals surface area contributed by atoms with E-state index >= 15 is 0 Å². The third-order valence-electron chi connectivity index (χ3n) is 2.89. The van der Waals surface area contributed by atoms with Crippen molar-refractivity contribution in [3.63, 3.8) is 0 Å². The molecule has 0 bridgehead atoms. The molecule has 0 aliphatic heterocycles. The largest absolute Gasteiger partial charge is 0.492 e. The number of hydrogen-bond acceptors (Lipinski definition) is 3. The van der Waals surface area contributed by atoms with E-state index in [9.17, 15) is 4.21 Å². The summed E-state index contributed by atoms with van der Waals surface area (Å²) in [7, 11) is -0.757. The molecule has 2 rings (SSSR count). The van der Waals surface area contributed by atoms with E-state index < -0.39 is 10.8 Å². The maximum Gasteiger partial charge on any atom is 0.178 e. The zero-order valence-electron chi connectivity index (χ0n) is 11.1. The number of hydrogen-bond donors (Lipinski definition) is 1. The van der Waals surface area contributed by atoms with E-state index in [0.29, 0.717) is 17.1 Å². The number of benzene rings is 1. The predicted molar refractivity (Wildman–Crippen MR) is 81.8 cm³/mol. The zero-order chi connectivity index (χ0) is 13.8. The number of para-hydroxylation sites is 1. The number of aryl methyl sites for hydroxylation is 1. The molecular formula is C13H18N2O2S2. The Morgan fingerprint density at radius 3 is 2.95 bits per heavy atom. The fourth-order valence-electron chi connectivity index (χ4n) is 2.08. The summed E-state index contributed by atoms with van der Waals surface area (Å²) >= 11 is 5.35. The lowest BCUT2D eigenvalue weighted by Crippen LogP contribution is -2.03. The van der Waals surface area contributed by atoms with Crippen LogP contribution in [0.4, 0.5) is 0 Å². The van der Waals surface area contributed by atoms with Crippen LogP contribution in [0.15, 0.2) is 18.2 Å². The van der Waals surface area contributed by atoms with Crippen molar-refractivity contribution in [3.8, 4) is 5.75 Å². The Kier molecular flexibility index (Phi) is 4.76. The number of fused-ring (bicyclic) bond motifs is 1. The van der Waals surface area contributed by atoms with Gasteiger partial charge in [0.25, 0.3) is 0 Å². The number of imidazole rings is 1. The van der Waals surface area contributed by atoms with Gasteiger partial charge in [-0.25, -0.2) is 0 Å². The van der Waals surface area contributed by atoms with Gasteiger partial charge in [-0.2, -0.15) is 0 Å². The number of nitrogens with zero attached hydrogens (tertiary/aromatic N) is 1. The molecule has 6 heteroatoms. The third-order valence-corrected chi connectivity index (χ3v) is 4.07. The van der Waals surface area contributed by atoms with Crippen molar-refractivity contribution in [2.24, 2.45) is 0 Å². The van der Waals surface area contributed by atoms with Crippen LogP contribution in [0, 0.1) is 4.77 Å². The van der Waals surface area contributed by atoms with Crippen LogP contribution in [-0.2, 0) is 17.3 Å². The highest BCUT2D eigenvalue weighted by Crippen LogP contribution is 2.25. The number of aromatic amines is 1. The summed E-state index contributed by atoms with van der Waals surface area (Å²) in [6.07, 6.45) is 2.57. The predicted octanol–water partition coefficient (Wildman–Crippen LogP) is 2.87. The average Bonchev–Trinajstić information content (AvgIpc) is 2.67. The van der Waals surface area contributed by atoms with Gasteiger partial charge in [-0.05, 0) is 37.7 Å². The van der Waals surface area contributed by atoms with Gasteiger partial charge < -0.3 is 14.3 Å². The van der Waals surface area contributed by atoms with Crippen LogP contribution >= 0.6 is 12.2 Å². The molecule has 0 aliphatic carbocycles. The molecule has 1 atom stereocenters. The van der Waals surface area contributed by atoms with Gasteiger partial charge in [0, 0.05) is 29.4 Å². The molecule has 1 N–H and O–H groups in total. The molecule has 0 fully saturated rings. The standard InChI is InChI=1S/C13H18N2O2S2/c1-3-17-11-7-4-6-10-12(11)14-13(18)15(10)8-5-9-19(2)16/h4,6-7H,3,5,8-9H2,1-2H3,(H,14,18). The summed E-state index contributed by atoms with van der Waals surface area (Å²) in [5.41, 5.74) is 1.98. The van der Waals surface area contributed by atoms with Crippen LogP contribution in [-0.4, -0.2) is 32.4 Å². The van der Waals surface area contributed by atoms with Crippen molar-refractivity contribution in [3.05, 3.63) is 23.0 Å². The fraction of sp³-hybridized carbons (Fsp3) is 0.462. The van der Waals surface area contributed by atoms with E-state index in [-0.39, 0.29) is 0 Å². The van der Waals surface area contributed by atoms with Crippen LogP contribution in [0.3, 0.4) is 0 Å². The summed E-state index contributed by atoms with van der Waals surface area (Å²) in [5, 5.41) is 0. The van der Waals surface area contributed by atoms with Crippen molar-refractivity contribution < 1.29 is 8.95 Å². The highest BCUT2D eigenvalue weighted by Gasteiger charge is 2.08. The number of nitrogens with one attached hydrogen (secondary N) is 1. The maximum absolute atomic E-state index is 11.1. The van der Waals surface area contributed by atoms with Gasteiger partial charge in [0.2, 0.25) is 0 Å². The van der Waals surface area contributed by atoms with Crippen molar-refractivity contribution in [2.45, 2.75) is 19.9 Å². The van der Waals surface area contributed by atoms with Crippen molar-refractivity contribution in [2.75, 3.05) is 18.6 Å². The van der Waals surface area contributed by atoms with E-state index in [0.717, 1.165) is 29.7 Å². The quantitative estimate of drug-likeness (QED) is 0.834. The molecule has 19 heavy (non-hydrogen) atoms. The number of H-pyrrole nitrogens is 1. The summed E-state index contributed by atoms with van der Waals surface area (Å²) in [5.74, 6) is 1.52. The minimum Gasteiger partial charge on any atom is -0.492 e. The van der Waals surface area contributed by atoms with E-state index in [4.69, 9.17) is 17.0 Å². The molecule has 0 radical (unpaired) electrons. The van der Waals surface area contributed by atoms with Gasteiger partial charge in [0.1, 0.15) is 11.3 Å². The van der Waals surface area contributed by atoms with Gasteiger partial charge in [-0.1, -0.05) is 6.07 Å². The molecule has 104 valence electrons. The Morgan fingerprint density at radius 2 is 2.26 bits per heavy atom. The summed E-state index contributed by atoms with van der Waals surface area (Å²) in [6.45, 7) is 3.36. The Bertz CT molecular complexity index is 646. The molecule has 1 aromatic heterocycles. The van der Waals surface area contributed by atoms with Crippen LogP contribution in [0.5, 0.6) is 5.75 Å².